The van der Waals surface area contributed by atoms with Crippen LogP contribution in [0.15, 0.2) is 54.6 Å². The van der Waals surface area contributed by atoms with Crippen LogP contribution in [0.2, 0.25) is 0 Å². The number of nitrogens with zero attached hydrogens (tertiary/aromatic N) is 1. The highest BCUT2D eigenvalue weighted by molar-refractivity contribution is 7.92. The van der Waals surface area contributed by atoms with Gasteiger partial charge in [0.25, 0.3) is 5.91 Å². The minimum absolute atomic E-state index is 0.236. The minimum Gasteiger partial charge on any atom is -0.492 e. The molecular weight excluding hydrogens is 328 g/mol. The van der Waals surface area contributed by atoms with Crippen molar-refractivity contribution in [2.75, 3.05) is 30.8 Å². The van der Waals surface area contributed by atoms with E-state index in [4.69, 9.17) is 4.74 Å². The Bertz CT molecular complexity index is 774. The van der Waals surface area contributed by atoms with Crippen LogP contribution in [0.25, 0.3) is 0 Å². The van der Waals surface area contributed by atoms with Crippen molar-refractivity contribution in [2.45, 2.75) is 0 Å². The van der Waals surface area contributed by atoms with Gasteiger partial charge in [-0.15, -0.1) is 0 Å². The van der Waals surface area contributed by atoms with E-state index in [1.165, 1.54) is 7.05 Å². The Labute approximate surface area is 142 Å². The normalized spacial score (nSPS) is 10.9. The van der Waals surface area contributed by atoms with Crippen molar-refractivity contribution in [1.82, 2.24) is 5.32 Å². The summed E-state index contributed by atoms with van der Waals surface area (Å²) in [6.07, 6.45) is 1.13. The molecule has 0 saturated carbocycles. The van der Waals surface area contributed by atoms with Gasteiger partial charge in [0.2, 0.25) is 10.0 Å². The number of carbonyl (C=O) groups excluding carboxylic acids is 1. The molecule has 2 rings (SSSR count). The summed E-state index contributed by atoms with van der Waals surface area (Å²) >= 11 is 0. The third-order valence-electron chi connectivity index (χ3n) is 3.39. The van der Waals surface area contributed by atoms with Gasteiger partial charge in [0.05, 0.1) is 18.5 Å². The van der Waals surface area contributed by atoms with Gasteiger partial charge in [-0.2, -0.15) is 0 Å². The van der Waals surface area contributed by atoms with E-state index < -0.39 is 10.0 Å². The second-order valence-electron chi connectivity index (χ2n) is 5.19. The molecule has 0 aliphatic rings. The van der Waals surface area contributed by atoms with Crippen molar-refractivity contribution >= 4 is 21.6 Å². The van der Waals surface area contributed by atoms with E-state index in [-0.39, 0.29) is 5.91 Å². The van der Waals surface area contributed by atoms with Crippen molar-refractivity contribution in [2.24, 2.45) is 0 Å². The first-order valence-corrected chi connectivity index (χ1v) is 9.23. The predicted octanol–water partition coefficient (Wildman–Crippen LogP) is 1.89. The average Bonchev–Trinajstić information content (AvgIpc) is 2.58. The van der Waals surface area contributed by atoms with Crippen molar-refractivity contribution in [1.29, 1.82) is 0 Å². The lowest BCUT2D eigenvalue weighted by Crippen LogP contribution is -2.28. The predicted molar refractivity (Wildman–Crippen MR) is 94.0 cm³/mol. The number of hydrogen-bond donors (Lipinski definition) is 1. The zero-order valence-corrected chi connectivity index (χ0v) is 14.4. The molecule has 2 aromatic carbocycles. The Morgan fingerprint density at radius 1 is 1.08 bits per heavy atom. The number of rotatable bonds is 7. The molecule has 0 aliphatic carbocycles. The van der Waals surface area contributed by atoms with Gasteiger partial charge in [0.15, 0.2) is 0 Å². The second-order valence-corrected chi connectivity index (χ2v) is 7.21. The van der Waals surface area contributed by atoms with Crippen LogP contribution in [0, 0.1) is 0 Å². The van der Waals surface area contributed by atoms with Crippen molar-refractivity contribution < 1.29 is 17.9 Å². The standard InChI is InChI=1S/C17H20N2O4S/c1-19(24(2,21)22)15-10-8-14(9-11-15)17(20)18-12-13-23-16-6-4-3-5-7-16/h3-11H,12-13H2,1-2H3,(H,18,20). The zero-order chi connectivity index (χ0) is 17.6. The number of amides is 1. The monoisotopic (exact) mass is 348 g/mol. The van der Waals surface area contributed by atoms with E-state index in [0.29, 0.717) is 24.4 Å². The van der Waals surface area contributed by atoms with Gasteiger partial charge in [-0.3, -0.25) is 9.10 Å². The van der Waals surface area contributed by atoms with Crippen LogP contribution in [0.4, 0.5) is 5.69 Å². The summed E-state index contributed by atoms with van der Waals surface area (Å²) in [4.78, 5) is 12.0. The van der Waals surface area contributed by atoms with Crippen LogP contribution in [-0.2, 0) is 10.0 Å². The van der Waals surface area contributed by atoms with E-state index in [9.17, 15) is 13.2 Å². The highest BCUT2D eigenvalue weighted by atomic mass is 32.2. The fraction of sp³-hybridized carbons (Fsp3) is 0.235. The quantitative estimate of drug-likeness (QED) is 0.776. The molecule has 0 spiro atoms. The Morgan fingerprint density at radius 2 is 1.71 bits per heavy atom. The maximum Gasteiger partial charge on any atom is 0.251 e. The molecule has 128 valence electrons. The zero-order valence-electron chi connectivity index (χ0n) is 13.6. The van der Waals surface area contributed by atoms with E-state index in [2.05, 4.69) is 5.32 Å². The van der Waals surface area contributed by atoms with Crippen LogP contribution in [0.5, 0.6) is 5.75 Å². The van der Waals surface area contributed by atoms with Gasteiger partial charge < -0.3 is 10.1 Å². The smallest absolute Gasteiger partial charge is 0.251 e. The molecule has 0 aliphatic heterocycles. The number of nitrogens with one attached hydrogen (secondary N) is 1. The van der Waals surface area contributed by atoms with Gasteiger partial charge in [0.1, 0.15) is 12.4 Å². The van der Waals surface area contributed by atoms with Crippen LogP contribution in [-0.4, -0.2) is 40.8 Å². The first-order chi connectivity index (χ1) is 11.4. The molecule has 1 amide bonds. The van der Waals surface area contributed by atoms with Crippen molar-refractivity contribution in [3.63, 3.8) is 0 Å². The van der Waals surface area contributed by atoms with Crippen LogP contribution in [0.3, 0.4) is 0 Å². The molecule has 0 saturated heterocycles. The molecule has 0 radical (unpaired) electrons. The molecule has 0 atom stereocenters. The Morgan fingerprint density at radius 3 is 2.29 bits per heavy atom. The van der Waals surface area contributed by atoms with Crippen LogP contribution < -0.4 is 14.4 Å². The maximum absolute atomic E-state index is 12.0. The maximum atomic E-state index is 12.0. The first kappa shape index (κ1) is 17.8. The SMILES string of the molecule is CN(c1ccc(C(=O)NCCOc2ccccc2)cc1)S(C)(=O)=O. The molecule has 0 bridgehead atoms. The van der Waals surface area contributed by atoms with Gasteiger partial charge in [-0.25, -0.2) is 8.42 Å². The largest absolute Gasteiger partial charge is 0.492 e. The molecule has 7 heteroatoms. The summed E-state index contributed by atoms with van der Waals surface area (Å²) in [7, 11) is -1.85. The molecule has 2 aromatic rings. The Hall–Kier alpha value is -2.54. The Kier molecular flexibility index (Phi) is 5.81. The van der Waals surface area contributed by atoms with Crippen molar-refractivity contribution in [3.8, 4) is 5.75 Å². The highest BCUT2D eigenvalue weighted by Gasteiger charge is 2.12. The van der Waals surface area contributed by atoms with Gasteiger partial charge in [0, 0.05) is 12.6 Å². The number of anilines is 1. The van der Waals surface area contributed by atoms with E-state index in [1.54, 1.807) is 24.3 Å². The third kappa shape index (κ3) is 4.99. The first-order valence-electron chi connectivity index (χ1n) is 7.38. The van der Waals surface area contributed by atoms with Crippen LogP contribution >= 0.6 is 0 Å². The topological polar surface area (TPSA) is 75.7 Å². The molecule has 24 heavy (non-hydrogen) atoms. The number of para-hydroxylation sites is 1. The van der Waals surface area contributed by atoms with Gasteiger partial charge >= 0.3 is 0 Å². The van der Waals surface area contributed by atoms with Crippen molar-refractivity contribution in [3.05, 3.63) is 60.2 Å². The molecule has 0 unspecified atom stereocenters. The second kappa shape index (κ2) is 7.83. The fourth-order valence-electron chi connectivity index (χ4n) is 1.97. The van der Waals surface area contributed by atoms with Gasteiger partial charge in [-0.1, -0.05) is 18.2 Å². The lowest BCUT2D eigenvalue weighted by atomic mass is 10.2. The molecular formula is C17H20N2O4S. The lowest BCUT2D eigenvalue weighted by Gasteiger charge is -2.16. The molecule has 0 fully saturated rings. The average molecular weight is 348 g/mol. The lowest BCUT2D eigenvalue weighted by molar-refractivity contribution is 0.0947. The minimum atomic E-state index is -3.32. The molecule has 0 aromatic heterocycles. The number of benzene rings is 2. The number of hydrogen-bond acceptors (Lipinski definition) is 4. The highest BCUT2D eigenvalue weighted by Crippen LogP contribution is 2.16. The van der Waals surface area contributed by atoms with E-state index in [0.717, 1.165) is 16.3 Å². The molecule has 0 heterocycles. The summed E-state index contributed by atoms with van der Waals surface area (Å²) in [5.74, 6) is 0.514. The molecule has 6 nitrogen and oxygen atoms in total. The van der Waals surface area contributed by atoms with Crippen LogP contribution in [0.1, 0.15) is 10.4 Å². The number of carbonyl (C=O) groups is 1. The number of ether oxygens (including phenoxy) is 1. The molecule has 1 N–H and O–H groups in total. The summed E-state index contributed by atoms with van der Waals surface area (Å²) in [5.41, 5.74) is 0.960. The summed E-state index contributed by atoms with van der Waals surface area (Å²) in [6.45, 7) is 0.739. The summed E-state index contributed by atoms with van der Waals surface area (Å²) in [5, 5.41) is 2.75. The number of sulfonamides is 1. The third-order valence-corrected chi connectivity index (χ3v) is 4.60. The fourth-order valence-corrected chi connectivity index (χ4v) is 2.47. The van der Waals surface area contributed by atoms with E-state index in [1.807, 2.05) is 30.3 Å². The van der Waals surface area contributed by atoms with Gasteiger partial charge in [-0.05, 0) is 36.4 Å². The van der Waals surface area contributed by atoms with E-state index >= 15 is 0 Å². The summed E-state index contributed by atoms with van der Waals surface area (Å²) < 4.78 is 29.6. The Balaban J connectivity index is 1.84. The summed E-state index contributed by atoms with van der Waals surface area (Å²) in [6, 6.07) is 15.7.